The Morgan fingerprint density at radius 3 is 2.60 bits per heavy atom. The van der Waals surface area contributed by atoms with Gasteiger partial charge in [-0.25, -0.2) is 4.98 Å². The maximum atomic E-state index is 12.7. The molecule has 5 nitrogen and oxygen atoms in total. The van der Waals surface area contributed by atoms with Gasteiger partial charge in [0.05, 0.1) is 27.2 Å². The first-order chi connectivity index (χ1) is 14.6. The average Bonchev–Trinajstić information content (AvgIpc) is 3.16. The van der Waals surface area contributed by atoms with E-state index in [2.05, 4.69) is 15.6 Å². The van der Waals surface area contributed by atoms with E-state index in [1.54, 1.807) is 35.6 Å². The van der Waals surface area contributed by atoms with Crippen molar-refractivity contribution in [2.24, 2.45) is 0 Å². The van der Waals surface area contributed by atoms with Crippen LogP contribution >= 0.6 is 23.1 Å². The molecule has 0 radical (unpaired) electrons. The summed E-state index contributed by atoms with van der Waals surface area (Å²) in [6, 6.07) is 22.5. The molecular formula is C23H19N3O2S2. The lowest BCUT2D eigenvalue weighted by Gasteiger charge is -2.11. The third kappa shape index (κ3) is 4.87. The van der Waals surface area contributed by atoms with Crippen LogP contribution in [0.15, 0.2) is 77.1 Å². The van der Waals surface area contributed by atoms with Crippen LogP contribution in [0.4, 0.5) is 11.4 Å². The fourth-order valence-electron chi connectivity index (χ4n) is 2.94. The Hall–Kier alpha value is -3.16. The van der Waals surface area contributed by atoms with E-state index in [1.165, 1.54) is 11.8 Å². The number of aromatic nitrogens is 1. The van der Waals surface area contributed by atoms with Crippen molar-refractivity contribution in [3.05, 3.63) is 83.9 Å². The minimum Gasteiger partial charge on any atom is -0.325 e. The number of benzene rings is 3. The molecule has 0 fully saturated rings. The number of hydrogen-bond donors (Lipinski definition) is 2. The van der Waals surface area contributed by atoms with Crippen molar-refractivity contribution < 1.29 is 9.59 Å². The summed E-state index contributed by atoms with van der Waals surface area (Å²) in [5.41, 5.74) is 3.60. The number of carbonyl (C=O) groups is 2. The van der Waals surface area contributed by atoms with E-state index in [-0.39, 0.29) is 17.6 Å². The Morgan fingerprint density at radius 1 is 0.967 bits per heavy atom. The van der Waals surface area contributed by atoms with E-state index < -0.39 is 0 Å². The van der Waals surface area contributed by atoms with E-state index in [0.717, 1.165) is 20.1 Å². The quantitative estimate of drug-likeness (QED) is 0.389. The van der Waals surface area contributed by atoms with Crippen molar-refractivity contribution in [2.75, 3.05) is 16.4 Å². The summed E-state index contributed by atoms with van der Waals surface area (Å²) < 4.78 is 1.94. The molecule has 4 aromatic rings. The van der Waals surface area contributed by atoms with Gasteiger partial charge in [0.25, 0.3) is 5.91 Å². The maximum absolute atomic E-state index is 12.7. The van der Waals surface area contributed by atoms with Gasteiger partial charge in [0.15, 0.2) is 4.34 Å². The average molecular weight is 434 g/mol. The Kier molecular flexibility index (Phi) is 6.11. The number of nitrogens with zero attached hydrogens (tertiary/aromatic N) is 1. The fraction of sp³-hybridized carbons (Fsp3) is 0.0870. The van der Waals surface area contributed by atoms with Crippen molar-refractivity contribution in [1.82, 2.24) is 4.98 Å². The number of para-hydroxylation sites is 2. The van der Waals surface area contributed by atoms with Crippen LogP contribution in [0.2, 0.25) is 0 Å². The molecule has 1 heterocycles. The number of thioether (sulfide) groups is 1. The van der Waals surface area contributed by atoms with Gasteiger partial charge >= 0.3 is 0 Å². The van der Waals surface area contributed by atoms with Crippen LogP contribution in [0.5, 0.6) is 0 Å². The molecule has 0 aliphatic heterocycles. The van der Waals surface area contributed by atoms with E-state index in [1.807, 2.05) is 55.5 Å². The van der Waals surface area contributed by atoms with Crippen molar-refractivity contribution in [2.45, 2.75) is 11.3 Å². The summed E-state index contributed by atoms with van der Waals surface area (Å²) in [6.07, 6.45) is 0. The summed E-state index contributed by atoms with van der Waals surface area (Å²) in [7, 11) is 0. The van der Waals surface area contributed by atoms with Gasteiger partial charge in [-0.1, -0.05) is 48.2 Å². The van der Waals surface area contributed by atoms with Gasteiger partial charge in [0.2, 0.25) is 5.91 Å². The smallest absolute Gasteiger partial charge is 0.257 e. The van der Waals surface area contributed by atoms with Gasteiger partial charge in [-0.2, -0.15) is 0 Å². The van der Waals surface area contributed by atoms with Gasteiger partial charge in [0, 0.05) is 5.69 Å². The molecule has 0 aliphatic carbocycles. The number of carbonyl (C=O) groups excluding carboxylic acids is 2. The van der Waals surface area contributed by atoms with Gasteiger partial charge in [-0.3, -0.25) is 9.59 Å². The highest BCUT2D eigenvalue weighted by Gasteiger charge is 2.14. The fourth-order valence-corrected chi connectivity index (χ4v) is 4.81. The second-order valence-electron chi connectivity index (χ2n) is 6.65. The van der Waals surface area contributed by atoms with Crippen LogP contribution in [0.3, 0.4) is 0 Å². The summed E-state index contributed by atoms with van der Waals surface area (Å²) in [5, 5.41) is 5.73. The molecule has 150 valence electrons. The Labute approximate surface area is 182 Å². The number of thiazole rings is 1. The van der Waals surface area contributed by atoms with Crippen LogP contribution in [0.1, 0.15) is 15.9 Å². The molecule has 7 heteroatoms. The zero-order chi connectivity index (χ0) is 20.9. The van der Waals surface area contributed by atoms with Gasteiger partial charge in [-0.15, -0.1) is 11.3 Å². The topological polar surface area (TPSA) is 71.1 Å². The largest absolute Gasteiger partial charge is 0.325 e. The standard InChI is InChI=1S/C23H19N3O2S2/c1-15-7-6-8-16(13-15)24-22(28)17-9-2-3-10-18(17)25-21(27)14-29-23-26-19-11-4-5-12-20(19)30-23/h2-13H,14H2,1H3,(H,24,28)(H,25,27). The zero-order valence-electron chi connectivity index (χ0n) is 16.2. The molecule has 0 bridgehead atoms. The number of nitrogens with one attached hydrogen (secondary N) is 2. The molecule has 0 atom stereocenters. The summed E-state index contributed by atoms with van der Waals surface area (Å²) in [5.74, 6) is -0.237. The SMILES string of the molecule is Cc1cccc(NC(=O)c2ccccc2NC(=O)CSc2nc3ccccc3s2)c1. The van der Waals surface area contributed by atoms with E-state index in [4.69, 9.17) is 0 Å². The first-order valence-electron chi connectivity index (χ1n) is 9.34. The molecule has 2 N–H and O–H groups in total. The summed E-state index contributed by atoms with van der Waals surface area (Å²) in [4.78, 5) is 29.8. The maximum Gasteiger partial charge on any atom is 0.257 e. The lowest BCUT2D eigenvalue weighted by Crippen LogP contribution is -2.19. The second kappa shape index (κ2) is 9.11. The van der Waals surface area contributed by atoms with Crippen LogP contribution < -0.4 is 10.6 Å². The number of anilines is 2. The first-order valence-corrected chi connectivity index (χ1v) is 11.1. The van der Waals surface area contributed by atoms with Gasteiger partial charge in [-0.05, 0) is 48.9 Å². The summed E-state index contributed by atoms with van der Waals surface area (Å²) in [6.45, 7) is 1.97. The number of fused-ring (bicyclic) bond motifs is 1. The van der Waals surface area contributed by atoms with E-state index in [0.29, 0.717) is 16.9 Å². The molecule has 0 saturated carbocycles. The lowest BCUT2D eigenvalue weighted by molar-refractivity contribution is -0.113. The van der Waals surface area contributed by atoms with Gasteiger partial charge < -0.3 is 10.6 Å². The van der Waals surface area contributed by atoms with Crippen molar-refractivity contribution in [3.8, 4) is 0 Å². The number of rotatable bonds is 6. The summed E-state index contributed by atoms with van der Waals surface area (Å²) >= 11 is 2.95. The third-order valence-electron chi connectivity index (χ3n) is 4.32. The Balaban J connectivity index is 1.41. The highest BCUT2D eigenvalue weighted by molar-refractivity contribution is 8.01. The van der Waals surface area contributed by atoms with E-state index in [9.17, 15) is 9.59 Å². The molecule has 0 spiro atoms. The van der Waals surface area contributed by atoms with Crippen LogP contribution in [-0.4, -0.2) is 22.6 Å². The molecule has 30 heavy (non-hydrogen) atoms. The Bertz CT molecular complexity index is 1190. The van der Waals surface area contributed by atoms with E-state index >= 15 is 0 Å². The predicted octanol–water partition coefficient (Wildman–Crippen LogP) is 5.59. The zero-order valence-corrected chi connectivity index (χ0v) is 17.8. The monoisotopic (exact) mass is 433 g/mol. The third-order valence-corrected chi connectivity index (χ3v) is 6.50. The lowest BCUT2D eigenvalue weighted by atomic mass is 10.1. The normalized spacial score (nSPS) is 10.7. The predicted molar refractivity (Wildman–Crippen MR) is 125 cm³/mol. The number of hydrogen-bond acceptors (Lipinski definition) is 5. The number of aryl methyl sites for hydroxylation is 1. The van der Waals surface area contributed by atoms with Gasteiger partial charge in [0.1, 0.15) is 0 Å². The highest BCUT2D eigenvalue weighted by atomic mass is 32.2. The minimum absolute atomic E-state index is 0.185. The van der Waals surface area contributed by atoms with Crippen LogP contribution in [0.25, 0.3) is 10.2 Å². The minimum atomic E-state index is -0.268. The first kappa shape index (κ1) is 20.1. The molecule has 0 aliphatic rings. The van der Waals surface area contributed by atoms with Crippen molar-refractivity contribution >= 4 is 56.5 Å². The molecule has 0 unspecified atom stereocenters. The Morgan fingerprint density at radius 2 is 1.77 bits per heavy atom. The molecule has 1 aromatic heterocycles. The van der Waals surface area contributed by atoms with Crippen molar-refractivity contribution in [3.63, 3.8) is 0 Å². The highest BCUT2D eigenvalue weighted by Crippen LogP contribution is 2.29. The molecule has 0 saturated heterocycles. The number of amides is 2. The molecule has 2 amide bonds. The molecule has 4 rings (SSSR count). The molecule has 3 aromatic carbocycles. The second-order valence-corrected chi connectivity index (χ2v) is 8.91. The van der Waals surface area contributed by atoms with Crippen LogP contribution in [-0.2, 0) is 4.79 Å². The van der Waals surface area contributed by atoms with Crippen molar-refractivity contribution in [1.29, 1.82) is 0 Å². The molecular weight excluding hydrogens is 414 g/mol. The van der Waals surface area contributed by atoms with Crippen LogP contribution in [0, 0.1) is 6.92 Å².